The van der Waals surface area contributed by atoms with Crippen LogP contribution < -0.4 is 4.74 Å². The zero-order valence-electron chi connectivity index (χ0n) is 10.2. The second-order valence-corrected chi connectivity index (χ2v) is 4.91. The highest BCUT2D eigenvalue weighted by molar-refractivity contribution is 9.10. The number of rotatable bonds is 4. The Labute approximate surface area is 118 Å². The van der Waals surface area contributed by atoms with E-state index in [1.807, 2.05) is 0 Å². The second kappa shape index (κ2) is 5.93. The lowest BCUT2D eigenvalue weighted by atomic mass is 10.1. The maximum Gasteiger partial charge on any atom is 0.163 e. The van der Waals surface area contributed by atoms with Crippen molar-refractivity contribution in [1.29, 1.82) is 0 Å². The molecule has 0 saturated carbocycles. The summed E-state index contributed by atoms with van der Waals surface area (Å²) in [6.07, 6.45) is 2.65. The number of hydrogen-bond donors (Lipinski definition) is 0. The Morgan fingerprint density at radius 3 is 2.84 bits per heavy atom. The molecule has 1 heterocycles. The SMILES string of the molecule is CC(=O)c1ccc(Br)cc1OCc1cncc(F)c1. The van der Waals surface area contributed by atoms with E-state index in [4.69, 9.17) is 4.74 Å². The first-order valence-electron chi connectivity index (χ1n) is 5.59. The summed E-state index contributed by atoms with van der Waals surface area (Å²) in [6.45, 7) is 1.63. The van der Waals surface area contributed by atoms with Crippen LogP contribution in [0.25, 0.3) is 0 Å². The standard InChI is InChI=1S/C14H11BrFNO2/c1-9(18)13-3-2-11(15)5-14(13)19-8-10-4-12(16)7-17-6-10/h2-7H,8H2,1H3. The lowest BCUT2D eigenvalue weighted by Gasteiger charge is -2.10. The van der Waals surface area contributed by atoms with Gasteiger partial charge in [-0.05, 0) is 31.2 Å². The Hall–Kier alpha value is -1.75. The first kappa shape index (κ1) is 13.7. The fourth-order valence-corrected chi connectivity index (χ4v) is 1.94. The third kappa shape index (κ3) is 3.61. The maximum absolute atomic E-state index is 13.0. The van der Waals surface area contributed by atoms with Crippen molar-refractivity contribution < 1.29 is 13.9 Å². The number of Topliss-reactive ketones (excluding diaryl/α,β-unsaturated/α-hetero) is 1. The van der Waals surface area contributed by atoms with Gasteiger partial charge in [-0.15, -0.1) is 0 Å². The number of pyridine rings is 1. The van der Waals surface area contributed by atoms with Gasteiger partial charge in [-0.3, -0.25) is 9.78 Å². The van der Waals surface area contributed by atoms with E-state index in [0.717, 1.165) is 10.7 Å². The molecule has 0 bridgehead atoms. The molecule has 0 unspecified atom stereocenters. The third-order valence-electron chi connectivity index (χ3n) is 2.48. The van der Waals surface area contributed by atoms with E-state index in [2.05, 4.69) is 20.9 Å². The predicted octanol–water partition coefficient (Wildman–Crippen LogP) is 3.76. The molecule has 1 aromatic heterocycles. The maximum atomic E-state index is 13.0. The highest BCUT2D eigenvalue weighted by Crippen LogP contribution is 2.25. The summed E-state index contributed by atoms with van der Waals surface area (Å²) in [5.41, 5.74) is 1.10. The van der Waals surface area contributed by atoms with E-state index in [-0.39, 0.29) is 12.4 Å². The quantitative estimate of drug-likeness (QED) is 0.804. The lowest BCUT2D eigenvalue weighted by molar-refractivity contribution is 0.101. The van der Waals surface area contributed by atoms with Crippen LogP contribution in [-0.4, -0.2) is 10.8 Å². The summed E-state index contributed by atoms with van der Waals surface area (Å²) in [4.78, 5) is 15.2. The molecule has 0 aliphatic heterocycles. The van der Waals surface area contributed by atoms with Crippen molar-refractivity contribution >= 4 is 21.7 Å². The zero-order valence-corrected chi connectivity index (χ0v) is 11.8. The van der Waals surface area contributed by atoms with Crippen molar-refractivity contribution in [3.63, 3.8) is 0 Å². The van der Waals surface area contributed by atoms with Gasteiger partial charge in [0.2, 0.25) is 0 Å². The molecule has 0 atom stereocenters. The van der Waals surface area contributed by atoms with Gasteiger partial charge in [0.15, 0.2) is 5.78 Å². The average molecular weight is 324 g/mol. The normalized spacial score (nSPS) is 10.3. The fourth-order valence-electron chi connectivity index (χ4n) is 1.60. The van der Waals surface area contributed by atoms with Crippen LogP contribution in [0.2, 0.25) is 0 Å². The van der Waals surface area contributed by atoms with Gasteiger partial charge in [0.05, 0.1) is 11.8 Å². The van der Waals surface area contributed by atoms with Crippen molar-refractivity contribution in [2.24, 2.45) is 0 Å². The molecule has 5 heteroatoms. The topological polar surface area (TPSA) is 39.2 Å². The van der Waals surface area contributed by atoms with Crippen molar-refractivity contribution in [1.82, 2.24) is 4.98 Å². The molecule has 0 N–H and O–H groups in total. The molecule has 2 aromatic rings. The van der Waals surface area contributed by atoms with Crippen LogP contribution in [0, 0.1) is 5.82 Å². The summed E-state index contributed by atoms with van der Waals surface area (Å²) >= 11 is 3.32. The van der Waals surface area contributed by atoms with Gasteiger partial charge in [0.1, 0.15) is 18.2 Å². The molecule has 19 heavy (non-hydrogen) atoms. The molecule has 98 valence electrons. The van der Waals surface area contributed by atoms with E-state index in [9.17, 15) is 9.18 Å². The molecule has 0 spiro atoms. The molecular weight excluding hydrogens is 313 g/mol. The van der Waals surface area contributed by atoms with E-state index in [1.165, 1.54) is 19.2 Å². The number of ether oxygens (including phenoxy) is 1. The highest BCUT2D eigenvalue weighted by atomic mass is 79.9. The van der Waals surface area contributed by atoms with Gasteiger partial charge in [-0.1, -0.05) is 15.9 Å². The van der Waals surface area contributed by atoms with Crippen molar-refractivity contribution in [2.75, 3.05) is 0 Å². The molecule has 1 aromatic carbocycles. The van der Waals surface area contributed by atoms with Crippen LogP contribution in [0.5, 0.6) is 5.75 Å². The largest absolute Gasteiger partial charge is 0.488 e. The number of ketones is 1. The third-order valence-corrected chi connectivity index (χ3v) is 2.97. The van der Waals surface area contributed by atoms with Gasteiger partial charge < -0.3 is 4.74 Å². The lowest BCUT2D eigenvalue weighted by Crippen LogP contribution is -2.02. The summed E-state index contributed by atoms with van der Waals surface area (Å²) in [7, 11) is 0. The molecule has 0 amide bonds. The Morgan fingerprint density at radius 2 is 2.16 bits per heavy atom. The Kier molecular flexibility index (Phi) is 4.27. The zero-order chi connectivity index (χ0) is 13.8. The average Bonchev–Trinajstić information content (AvgIpc) is 2.36. The van der Waals surface area contributed by atoms with Crippen LogP contribution in [0.4, 0.5) is 4.39 Å². The number of carbonyl (C=O) groups excluding carboxylic acids is 1. The van der Waals surface area contributed by atoms with E-state index >= 15 is 0 Å². The van der Waals surface area contributed by atoms with Gasteiger partial charge >= 0.3 is 0 Å². The van der Waals surface area contributed by atoms with Gasteiger partial charge in [0.25, 0.3) is 0 Å². The van der Waals surface area contributed by atoms with E-state index in [0.29, 0.717) is 16.9 Å². The van der Waals surface area contributed by atoms with Crippen LogP contribution in [0.15, 0.2) is 41.1 Å². The van der Waals surface area contributed by atoms with Crippen LogP contribution >= 0.6 is 15.9 Å². The van der Waals surface area contributed by atoms with Gasteiger partial charge in [0, 0.05) is 16.2 Å². The minimum atomic E-state index is -0.415. The molecule has 2 rings (SSSR count). The minimum absolute atomic E-state index is 0.0835. The molecule has 3 nitrogen and oxygen atoms in total. The highest BCUT2D eigenvalue weighted by Gasteiger charge is 2.09. The number of carbonyl (C=O) groups is 1. The van der Waals surface area contributed by atoms with E-state index in [1.54, 1.807) is 18.2 Å². The molecular formula is C14H11BrFNO2. The summed E-state index contributed by atoms with van der Waals surface area (Å²) in [5, 5.41) is 0. The van der Waals surface area contributed by atoms with Crippen molar-refractivity contribution in [3.8, 4) is 5.75 Å². The Morgan fingerprint density at radius 1 is 1.37 bits per heavy atom. The predicted molar refractivity (Wildman–Crippen MR) is 72.7 cm³/mol. The van der Waals surface area contributed by atoms with Gasteiger partial charge in [-0.25, -0.2) is 4.39 Å². The second-order valence-electron chi connectivity index (χ2n) is 4.00. The van der Waals surface area contributed by atoms with Crippen LogP contribution in [0.1, 0.15) is 22.8 Å². The molecule has 0 saturated heterocycles. The molecule has 0 aliphatic carbocycles. The minimum Gasteiger partial charge on any atom is -0.488 e. The van der Waals surface area contributed by atoms with Crippen LogP contribution in [-0.2, 0) is 6.61 Å². The first-order chi connectivity index (χ1) is 9.06. The van der Waals surface area contributed by atoms with Crippen LogP contribution in [0.3, 0.4) is 0 Å². The fraction of sp³-hybridized carbons (Fsp3) is 0.143. The smallest absolute Gasteiger partial charge is 0.163 e. The van der Waals surface area contributed by atoms with Crippen molar-refractivity contribution in [3.05, 3.63) is 58.1 Å². The Balaban J connectivity index is 2.19. The number of benzene rings is 1. The Bertz CT molecular complexity index is 616. The number of hydrogen-bond acceptors (Lipinski definition) is 3. The number of nitrogens with zero attached hydrogens (tertiary/aromatic N) is 1. The monoisotopic (exact) mass is 323 g/mol. The molecule has 0 radical (unpaired) electrons. The van der Waals surface area contributed by atoms with Gasteiger partial charge in [-0.2, -0.15) is 0 Å². The molecule has 0 aliphatic rings. The van der Waals surface area contributed by atoms with Crippen molar-refractivity contribution in [2.45, 2.75) is 13.5 Å². The summed E-state index contributed by atoms with van der Waals surface area (Å²) in [5.74, 6) is -0.0341. The number of aromatic nitrogens is 1. The summed E-state index contributed by atoms with van der Waals surface area (Å²) in [6, 6.07) is 6.51. The van der Waals surface area contributed by atoms with E-state index < -0.39 is 5.82 Å². The first-order valence-corrected chi connectivity index (χ1v) is 6.38. The molecule has 0 fully saturated rings. The summed E-state index contributed by atoms with van der Waals surface area (Å²) < 4.78 is 19.4. The number of halogens is 2.